The zero-order valence-electron chi connectivity index (χ0n) is 11.1. The average molecular weight is 240 g/mol. The van der Waals surface area contributed by atoms with Gasteiger partial charge in [0, 0.05) is 19.5 Å². The Morgan fingerprint density at radius 2 is 1.47 bits per heavy atom. The summed E-state index contributed by atoms with van der Waals surface area (Å²) in [5.74, 6) is 0.375. The van der Waals surface area contributed by atoms with Gasteiger partial charge in [0.1, 0.15) is 0 Å². The Balaban J connectivity index is 2.11. The Morgan fingerprint density at radius 1 is 0.882 bits per heavy atom. The van der Waals surface area contributed by atoms with E-state index in [2.05, 4.69) is 4.90 Å². The van der Waals surface area contributed by atoms with Gasteiger partial charge in [-0.05, 0) is 32.2 Å². The van der Waals surface area contributed by atoms with Crippen LogP contribution in [-0.4, -0.2) is 30.4 Å². The fourth-order valence-corrected chi connectivity index (χ4v) is 2.43. The van der Waals surface area contributed by atoms with Crippen LogP contribution in [0.25, 0.3) is 0 Å². The van der Waals surface area contributed by atoms with Gasteiger partial charge < -0.3 is 10.6 Å². The molecule has 1 rings (SSSR count). The van der Waals surface area contributed by atoms with Gasteiger partial charge in [-0.3, -0.25) is 4.79 Å². The molecule has 0 bridgehead atoms. The minimum atomic E-state index is 0.375. The van der Waals surface area contributed by atoms with Crippen molar-refractivity contribution in [2.45, 2.75) is 64.2 Å². The summed E-state index contributed by atoms with van der Waals surface area (Å²) in [7, 11) is 0. The average Bonchev–Trinajstić information content (AvgIpc) is 2.28. The van der Waals surface area contributed by atoms with Crippen LogP contribution in [0.4, 0.5) is 0 Å². The first-order chi connectivity index (χ1) is 8.34. The van der Waals surface area contributed by atoms with Crippen LogP contribution >= 0.6 is 0 Å². The summed E-state index contributed by atoms with van der Waals surface area (Å²) in [4.78, 5) is 14.1. The molecule has 0 aromatic carbocycles. The molecule has 1 fully saturated rings. The number of likely N-dealkylation sites (tertiary alicyclic amines) is 1. The number of carbonyl (C=O) groups is 1. The van der Waals surface area contributed by atoms with Gasteiger partial charge in [0.25, 0.3) is 0 Å². The second-order valence-electron chi connectivity index (χ2n) is 5.10. The van der Waals surface area contributed by atoms with E-state index < -0.39 is 0 Å². The largest absolute Gasteiger partial charge is 0.343 e. The Hall–Kier alpha value is -0.570. The third-order valence-corrected chi connectivity index (χ3v) is 3.55. The molecule has 0 atom stereocenters. The van der Waals surface area contributed by atoms with E-state index in [0.29, 0.717) is 5.91 Å². The quantitative estimate of drug-likeness (QED) is 0.726. The van der Waals surface area contributed by atoms with Crippen LogP contribution in [0, 0.1) is 0 Å². The van der Waals surface area contributed by atoms with E-state index >= 15 is 0 Å². The lowest BCUT2D eigenvalue weighted by Crippen LogP contribution is -2.33. The fourth-order valence-electron chi connectivity index (χ4n) is 2.43. The molecule has 1 amide bonds. The molecule has 1 aliphatic rings. The number of carbonyl (C=O) groups excluding carboxylic acids is 1. The highest BCUT2D eigenvalue weighted by Gasteiger charge is 2.13. The van der Waals surface area contributed by atoms with Gasteiger partial charge in [-0.15, -0.1) is 0 Å². The third kappa shape index (κ3) is 6.67. The van der Waals surface area contributed by atoms with Crippen LogP contribution in [0.3, 0.4) is 0 Å². The van der Waals surface area contributed by atoms with Crippen molar-refractivity contribution in [1.29, 1.82) is 0 Å². The fraction of sp³-hybridized carbons (Fsp3) is 0.929. The summed E-state index contributed by atoms with van der Waals surface area (Å²) in [6.07, 6.45) is 11.5. The predicted molar refractivity (Wildman–Crippen MR) is 71.8 cm³/mol. The van der Waals surface area contributed by atoms with Crippen LogP contribution in [0.1, 0.15) is 64.2 Å². The van der Waals surface area contributed by atoms with Crippen molar-refractivity contribution in [2.24, 2.45) is 5.73 Å². The molecular formula is C14H28N2O. The number of nitrogens with zero attached hydrogens (tertiary/aromatic N) is 1. The van der Waals surface area contributed by atoms with Gasteiger partial charge in [0.05, 0.1) is 0 Å². The number of hydrogen-bond acceptors (Lipinski definition) is 2. The Morgan fingerprint density at radius 3 is 2.12 bits per heavy atom. The molecule has 0 aromatic heterocycles. The first-order valence-electron chi connectivity index (χ1n) is 7.32. The molecule has 1 aliphatic heterocycles. The predicted octanol–water partition coefficient (Wildman–Crippen LogP) is 2.69. The minimum Gasteiger partial charge on any atom is -0.343 e. The summed E-state index contributed by atoms with van der Waals surface area (Å²) in [5, 5.41) is 0. The van der Waals surface area contributed by atoms with Gasteiger partial charge >= 0.3 is 0 Å². The van der Waals surface area contributed by atoms with Crippen molar-refractivity contribution in [3.8, 4) is 0 Å². The van der Waals surface area contributed by atoms with Crippen LogP contribution in [-0.2, 0) is 4.79 Å². The number of rotatable bonds is 6. The Labute approximate surface area is 106 Å². The molecule has 1 heterocycles. The molecule has 0 saturated carbocycles. The summed E-state index contributed by atoms with van der Waals surface area (Å²) < 4.78 is 0. The van der Waals surface area contributed by atoms with Crippen molar-refractivity contribution in [3.63, 3.8) is 0 Å². The summed E-state index contributed by atoms with van der Waals surface area (Å²) in [6.45, 7) is 2.75. The van der Waals surface area contributed by atoms with Gasteiger partial charge in [0.15, 0.2) is 0 Å². The lowest BCUT2D eigenvalue weighted by molar-refractivity contribution is -0.131. The molecular weight excluding hydrogens is 212 g/mol. The number of nitrogens with two attached hydrogens (primary N) is 1. The smallest absolute Gasteiger partial charge is 0.222 e. The second kappa shape index (κ2) is 9.46. The van der Waals surface area contributed by atoms with E-state index in [0.717, 1.165) is 45.3 Å². The summed E-state index contributed by atoms with van der Waals surface area (Å²) in [6, 6.07) is 0. The second-order valence-corrected chi connectivity index (χ2v) is 5.10. The number of amides is 1. The first kappa shape index (κ1) is 14.5. The van der Waals surface area contributed by atoms with E-state index in [1.54, 1.807) is 0 Å². The lowest BCUT2D eigenvalue weighted by Gasteiger charge is -2.24. The highest BCUT2D eigenvalue weighted by atomic mass is 16.2. The number of hydrogen-bond donors (Lipinski definition) is 1. The summed E-state index contributed by atoms with van der Waals surface area (Å²) in [5.41, 5.74) is 5.44. The molecule has 1 saturated heterocycles. The minimum absolute atomic E-state index is 0.375. The molecule has 2 N–H and O–H groups in total. The highest BCUT2D eigenvalue weighted by molar-refractivity contribution is 5.76. The summed E-state index contributed by atoms with van der Waals surface area (Å²) >= 11 is 0. The van der Waals surface area contributed by atoms with Gasteiger partial charge in [-0.25, -0.2) is 0 Å². The molecule has 3 heteroatoms. The van der Waals surface area contributed by atoms with Crippen LogP contribution in [0.2, 0.25) is 0 Å². The highest BCUT2D eigenvalue weighted by Crippen LogP contribution is 2.12. The standard InChI is InChI=1S/C14H28N2O/c15-11-7-3-2-6-10-14(17)16-12-8-4-1-5-9-13-16/h1-13,15H2. The van der Waals surface area contributed by atoms with Crippen LogP contribution in [0.15, 0.2) is 0 Å². The molecule has 17 heavy (non-hydrogen) atoms. The molecule has 0 spiro atoms. The third-order valence-electron chi connectivity index (χ3n) is 3.55. The van der Waals surface area contributed by atoms with Crippen LogP contribution in [0.5, 0.6) is 0 Å². The van der Waals surface area contributed by atoms with Crippen molar-refractivity contribution < 1.29 is 4.79 Å². The van der Waals surface area contributed by atoms with Gasteiger partial charge in [-0.1, -0.05) is 32.1 Å². The van der Waals surface area contributed by atoms with E-state index in [1.807, 2.05) is 0 Å². The molecule has 0 radical (unpaired) electrons. The van der Waals surface area contributed by atoms with Gasteiger partial charge in [0.2, 0.25) is 5.91 Å². The zero-order chi connectivity index (χ0) is 12.3. The Kier molecular flexibility index (Phi) is 8.06. The maximum absolute atomic E-state index is 12.0. The molecule has 0 unspecified atom stereocenters. The van der Waals surface area contributed by atoms with Crippen molar-refractivity contribution in [3.05, 3.63) is 0 Å². The van der Waals surface area contributed by atoms with Crippen LogP contribution < -0.4 is 5.73 Å². The zero-order valence-corrected chi connectivity index (χ0v) is 11.1. The maximum atomic E-state index is 12.0. The first-order valence-corrected chi connectivity index (χ1v) is 7.32. The van der Waals surface area contributed by atoms with Gasteiger partial charge in [-0.2, -0.15) is 0 Å². The molecule has 0 aromatic rings. The SMILES string of the molecule is NCCCCCCC(=O)N1CCCCCCC1. The normalized spacial score (nSPS) is 17.6. The molecule has 100 valence electrons. The topological polar surface area (TPSA) is 46.3 Å². The maximum Gasteiger partial charge on any atom is 0.222 e. The lowest BCUT2D eigenvalue weighted by atomic mass is 10.1. The van der Waals surface area contributed by atoms with Crippen molar-refractivity contribution in [2.75, 3.05) is 19.6 Å². The number of unbranched alkanes of at least 4 members (excludes halogenated alkanes) is 3. The van der Waals surface area contributed by atoms with Crippen molar-refractivity contribution in [1.82, 2.24) is 4.90 Å². The molecule has 0 aliphatic carbocycles. The van der Waals surface area contributed by atoms with E-state index in [9.17, 15) is 4.79 Å². The monoisotopic (exact) mass is 240 g/mol. The van der Waals surface area contributed by atoms with E-state index in [1.165, 1.54) is 38.5 Å². The molecule has 3 nitrogen and oxygen atoms in total. The van der Waals surface area contributed by atoms with Crippen molar-refractivity contribution >= 4 is 5.91 Å². The van der Waals surface area contributed by atoms with E-state index in [-0.39, 0.29) is 0 Å². The van der Waals surface area contributed by atoms with E-state index in [4.69, 9.17) is 5.73 Å². The Bertz CT molecular complexity index is 198.